The Balaban J connectivity index is 1.94. The van der Waals surface area contributed by atoms with E-state index in [2.05, 4.69) is 24.1 Å². The van der Waals surface area contributed by atoms with Crippen molar-refractivity contribution in [2.45, 2.75) is 65.7 Å². The van der Waals surface area contributed by atoms with E-state index < -0.39 is 11.2 Å². The number of carbonyl (C=O) groups is 1. The van der Waals surface area contributed by atoms with Gasteiger partial charge in [0.2, 0.25) is 5.91 Å². The smallest absolute Gasteiger partial charge is 0.333 e. The third kappa shape index (κ3) is 6.22. The van der Waals surface area contributed by atoms with E-state index in [1.54, 1.807) is 11.7 Å². The number of rotatable bonds is 12. The first-order valence-electron chi connectivity index (χ1n) is 11.8. The SMILES string of the molecule is COCCn1cnc2c1c(=O)n(CC(=O)NC(C)CCCC(C)C)c(=O)n2Cc1ccccc1. The summed E-state index contributed by atoms with van der Waals surface area (Å²) < 4.78 is 9.28. The Hall–Kier alpha value is -3.20. The van der Waals surface area contributed by atoms with Crippen molar-refractivity contribution < 1.29 is 9.53 Å². The molecule has 1 amide bonds. The predicted octanol–water partition coefficient (Wildman–Crippen LogP) is 2.39. The molecule has 1 unspecified atom stereocenters. The van der Waals surface area contributed by atoms with E-state index in [1.807, 2.05) is 37.3 Å². The van der Waals surface area contributed by atoms with Crippen molar-refractivity contribution in [3.05, 3.63) is 63.1 Å². The van der Waals surface area contributed by atoms with E-state index in [9.17, 15) is 14.4 Å². The van der Waals surface area contributed by atoms with Gasteiger partial charge in [0, 0.05) is 19.7 Å². The Labute approximate surface area is 199 Å². The monoisotopic (exact) mass is 469 g/mol. The third-order valence-electron chi connectivity index (χ3n) is 5.83. The highest BCUT2D eigenvalue weighted by Gasteiger charge is 2.20. The topological polar surface area (TPSA) is 100 Å². The zero-order valence-electron chi connectivity index (χ0n) is 20.5. The van der Waals surface area contributed by atoms with E-state index >= 15 is 0 Å². The van der Waals surface area contributed by atoms with Gasteiger partial charge in [0.05, 0.1) is 19.5 Å². The first kappa shape index (κ1) is 25.4. The Morgan fingerprint density at radius 3 is 2.50 bits per heavy atom. The number of fused-ring (bicyclic) bond motifs is 1. The zero-order chi connectivity index (χ0) is 24.7. The van der Waals surface area contributed by atoms with Crippen LogP contribution in [0.2, 0.25) is 0 Å². The number of imidazole rings is 1. The van der Waals surface area contributed by atoms with Crippen LogP contribution in [0.5, 0.6) is 0 Å². The van der Waals surface area contributed by atoms with Crippen LogP contribution in [0, 0.1) is 5.92 Å². The summed E-state index contributed by atoms with van der Waals surface area (Å²) >= 11 is 0. The lowest BCUT2D eigenvalue weighted by Crippen LogP contribution is -2.45. The van der Waals surface area contributed by atoms with Crippen molar-refractivity contribution in [3.8, 4) is 0 Å². The molecule has 0 saturated heterocycles. The molecule has 9 nitrogen and oxygen atoms in total. The second-order valence-electron chi connectivity index (χ2n) is 9.14. The summed E-state index contributed by atoms with van der Waals surface area (Å²) in [5.41, 5.74) is 0.395. The maximum atomic E-state index is 13.4. The van der Waals surface area contributed by atoms with Crippen LogP contribution in [-0.2, 0) is 29.2 Å². The number of aromatic nitrogens is 4. The molecule has 0 aliphatic heterocycles. The molecule has 0 saturated carbocycles. The summed E-state index contributed by atoms with van der Waals surface area (Å²) in [6, 6.07) is 9.44. The highest BCUT2D eigenvalue weighted by Crippen LogP contribution is 2.10. The molecular formula is C25H35N5O4. The van der Waals surface area contributed by atoms with Gasteiger partial charge in [0.25, 0.3) is 5.56 Å². The average Bonchev–Trinajstić information content (AvgIpc) is 3.22. The fraction of sp³-hybridized carbons (Fsp3) is 0.520. The minimum Gasteiger partial charge on any atom is -0.383 e. The molecule has 3 aromatic rings. The lowest BCUT2D eigenvalue weighted by atomic mass is 10.0. The van der Waals surface area contributed by atoms with Gasteiger partial charge in [0.1, 0.15) is 6.54 Å². The quantitative estimate of drug-likeness (QED) is 0.439. The fourth-order valence-corrected chi connectivity index (χ4v) is 4.01. The number of amides is 1. The van der Waals surface area contributed by atoms with E-state index in [4.69, 9.17) is 4.74 Å². The second kappa shape index (κ2) is 11.8. The first-order valence-corrected chi connectivity index (χ1v) is 11.8. The van der Waals surface area contributed by atoms with Crippen molar-refractivity contribution in [1.29, 1.82) is 0 Å². The molecule has 0 radical (unpaired) electrons. The number of carbonyl (C=O) groups excluding carboxylic acids is 1. The molecule has 0 spiro atoms. The third-order valence-corrected chi connectivity index (χ3v) is 5.83. The Kier molecular flexibility index (Phi) is 8.81. The highest BCUT2D eigenvalue weighted by atomic mass is 16.5. The van der Waals surface area contributed by atoms with Crippen LogP contribution in [0.15, 0.2) is 46.2 Å². The summed E-state index contributed by atoms with van der Waals surface area (Å²) in [7, 11) is 1.58. The van der Waals surface area contributed by atoms with Gasteiger partial charge in [-0.05, 0) is 24.8 Å². The number of nitrogens with zero attached hydrogens (tertiary/aromatic N) is 4. The number of ether oxygens (including phenoxy) is 1. The fourth-order valence-electron chi connectivity index (χ4n) is 4.01. The Bertz CT molecular complexity index is 1210. The molecule has 0 bridgehead atoms. The largest absolute Gasteiger partial charge is 0.383 e. The molecule has 1 atom stereocenters. The van der Waals surface area contributed by atoms with Gasteiger partial charge >= 0.3 is 5.69 Å². The molecule has 0 aliphatic carbocycles. The minimum absolute atomic E-state index is 0.0375. The van der Waals surface area contributed by atoms with Gasteiger partial charge in [-0.25, -0.2) is 14.3 Å². The normalized spacial score (nSPS) is 12.4. The van der Waals surface area contributed by atoms with E-state index in [0.717, 1.165) is 29.4 Å². The summed E-state index contributed by atoms with van der Waals surface area (Å²) in [5, 5.41) is 2.93. The van der Waals surface area contributed by atoms with Crippen molar-refractivity contribution in [1.82, 2.24) is 24.0 Å². The molecule has 184 valence electrons. The summed E-state index contributed by atoms with van der Waals surface area (Å²) in [4.78, 5) is 43.8. The maximum absolute atomic E-state index is 13.4. The van der Waals surface area contributed by atoms with E-state index in [1.165, 1.54) is 10.9 Å². The molecule has 3 rings (SSSR count). The number of benzene rings is 1. The maximum Gasteiger partial charge on any atom is 0.333 e. The van der Waals surface area contributed by atoms with E-state index in [0.29, 0.717) is 24.7 Å². The standard InChI is InChI=1S/C25H35N5O4/c1-18(2)9-8-10-19(3)27-21(31)16-30-24(32)22-23(26-17-28(22)13-14-34-4)29(25(30)33)15-20-11-6-5-7-12-20/h5-7,11-12,17-19H,8-10,13-16H2,1-4H3,(H,27,31). The van der Waals surface area contributed by atoms with Crippen molar-refractivity contribution in [2.75, 3.05) is 13.7 Å². The lowest BCUT2D eigenvalue weighted by molar-refractivity contribution is -0.122. The molecule has 0 aliphatic rings. The van der Waals surface area contributed by atoms with Crippen LogP contribution in [0.4, 0.5) is 0 Å². The number of methoxy groups -OCH3 is 1. The van der Waals surface area contributed by atoms with Crippen molar-refractivity contribution in [3.63, 3.8) is 0 Å². The second-order valence-corrected chi connectivity index (χ2v) is 9.14. The molecule has 1 aromatic carbocycles. The molecule has 2 aromatic heterocycles. The molecule has 0 fully saturated rings. The lowest BCUT2D eigenvalue weighted by Gasteiger charge is -2.16. The van der Waals surface area contributed by atoms with Crippen LogP contribution in [-0.4, -0.2) is 44.4 Å². The summed E-state index contributed by atoms with van der Waals surface area (Å²) in [6.45, 7) is 6.98. The Morgan fingerprint density at radius 2 is 1.82 bits per heavy atom. The number of hydrogen-bond donors (Lipinski definition) is 1. The van der Waals surface area contributed by atoms with Gasteiger partial charge in [-0.1, -0.05) is 57.0 Å². The van der Waals surface area contributed by atoms with Crippen LogP contribution in [0.25, 0.3) is 11.2 Å². The van der Waals surface area contributed by atoms with Crippen molar-refractivity contribution >= 4 is 17.1 Å². The van der Waals surface area contributed by atoms with Gasteiger partial charge in [-0.2, -0.15) is 0 Å². The van der Waals surface area contributed by atoms with Crippen LogP contribution in [0.1, 0.15) is 45.6 Å². The molecule has 34 heavy (non-hydrogen) atoms. The van der Waals surface area contributed by atoms with E-state index in [-0.39, 0.29) is 30.6 Å². The van der Waals surface area contributed by atoms with Gasteiger partial charge in [-0.3, -0.25) is 14.2 Å². The summed E-state index contributed by atoms with van der Waals surface area (Å²) in [6.07, 6.45) is 4.48. The highest BCUT2D eigenvalue weighted by molar-refractivity contribution is 5.77. The molecule has 2 heterocycles. The van der Waals surface area contributed by atoms with Crippen LogP contribution in [0.3, 0.4) is 0 Å². The molecule has 1 N–H and O–H groups in total. The van der Waals surface area contributed by atoms with Crippen LogP contribution < -0.4 is 16.6 Å². The Morgan fingerprint density at radius 1 is 1.09 bits per heavy atom. The van der Waals surface area contributed by atoms with Crippen LogP contribution >= 0.6 is 0 Å². The average molecular weight is 470 g/mol. The van der Waals surface area contributed by atoms with Gasteiger partial charge in [0.15, 0.2) is 11.2 Å². The molecular weight excluding hydrogens is 434 g/mol. The van der Waals surface area contributed by atoms with Gasteiger partial charge in [-0.15, -0.1) is 0 Å². The molecule has 9 heteroatoms. The predicted molar refractivity (Wildman–Crippen MR) is 132 cm³/mol. The first-order chi connectivity index (χ1) is 16.3. The summed E-state index contributed by atoms with van der Waals surface area (Å²) in [5.74, 6) is 0.254. The van der Waals surface area contributed by atoms with Gasteiger partial charge < -0.3 is 14.6 Å². The van der Waals surface area contributed by atoms with Crippen molar-refractivity contribution in [2.24, 2.45) is 5.92 Å². The zero-order valence-corrected chi connectivity index (χ0v) is 20.5. The number of nitrogens with one attached hydrogen (secondary N) is 1. The number of hydrogen-bond acceptors (Lipinski definition) is 5. The minimum atomic E-state index is -0.555.